The summed E-state index contributed by atoms with van der Waals surface area (Å²) < 4.78 is 8.59. The largest absolute Gasteiger partial charge is 0.461 e. The summed E-state index contributed by atoms with van der Waals surface area (Å²) >= 11 is 0. The van der Waals surface area contributed by atoms with E-state index in [9.17, 15) is 4.79 Å². The second-order valence-corrected chi connectivity index (χ2v) is 5.59. The Hall–Kier alpha value is -3.69. The molecule has 4 aromatic heterocycles. The molecule has 10 heteroatoms. The summed E-state index contributed by atoms with van der Waals surface area (Å²) in [6.07, 6.45) is 7.63. The Morgan fingerprint density at radius 3 is 3.04 bits per heavy atom. The van der Waals surface area contributed by atoms with Crippen molar-refractivity contribution in [3.05, 3.63) is 48.9 Å². The van der Waals surface area contributed by atoms with Crippen molar-refractivity contribution in [2.75, 3.05) is 12.3 Å². The van der Waals surface area contributed by atoms with Gasteiger partial charge in [0.2, 0.25) is 11.8 Å². The highest BCUT2D eigenvalue weighted by atomic mass is 16.3. The van der Waals surface area contributed by atoms with Gasteiger partial charge < -0.3 is 20.0 Å². The van der Waals surface area contributed by atoms with E-state index >= 15 is 0 Å². The monoisotopic (exact) mass is 352 g/mol. The molecule has 0 aliphatic heterocycles. The van der Waals surface area contributed by atoms with E-state index in [1.54, 1.807) is 30.7 Å². The first-order chi connectivity index (χ1) is 12.7. The molecule has 0 unspecified atom stereocenters. The second kappa shape index (κ2) is 6.67. The van der Waals surface area contributed by atoms with E-state index in [1.165, 1.54) is 10.8 Å². The lowest BCUT2D eigenvalue weighted by Crippen LogP contribution is -2.26. The molecule has 10 nitrogen and oxygen atoms in total. The van der Waals surface area contributed by atoms with Gasteiger partial charge in [-0.1, -0.05) is 0 Å². The lowest BCUT2D eigenvalue weighted by molar-refractivity contribution is 0.0948. The molecule has 0 saturated carbocycles. The molecule has 4 aromatic rings. The lowest BCUT2D eigenvalue weighted by Gasteiger charge is -2.06. The van der Waals surface area contributed by atoms with E-state index in [1.807, 2.05) is 10.8 Å². The molecule has 132 valence electrons. The summed E-state index contributed by atoms with van der Waals surface area (Å²) in [6.45, 7) is 1.28. The van der Waals surface area contributed by atoms with Gasteiger partial charge >= 0.3 is 0 Å². The zero-order valence-corrected chi connectivity index (χ0v) is 13.7. The number of amides is 1. The van der Waals surface area contributed by atoms with Gasteiger partial charge in [0.1, 0.15) is 5.69 Å². The van der Waals surface area contributed by atoms with Crippen LogP contribution in [0.25, 0.3) is 17.2 Å². The van der Waals surface area contributed by atoms with Gasteiger partial charge in [-0.3, -0.25) is 4.79 Å². The number of nitrogens with two attached hydrogens (primary N) is 1. The molecule has 0 bridgehead atoms. The average Bonchev–Trinajstić information content (AvgIpc) is 3.39. The first-order valence-electron chi connectivity index (χ1n) is 8.02. The maximum absolute atomic E-state index is 12.3. The number of anilines is 1. The van der Waals surface area contributed by atoms with Crippen LogP contribution in [0.4, 0.5) is 5.95 Å². The van der Waals surface area contributed by atoms with Crippen LogP contribution in [0.3, 0.4) is 0 Å². The molecular weight excluding hydrogens is 336 g/mol. The number of nitrogens with one attached hydrogen (secondary N) is 1. The molecule has 0 aliphatic rings. The SMILES string of the molecule is Nc1nc(C(=O)NCCCn2ccnc2)cc2nc(-c3ccco3)nn12. The van der Waals surface area contributed by atoms with Crippen molar-refractivity contribution < 1.29 is 9.21 Å². The molecule has 4 heterocycles. The fourth-order valence-electron chi connectivity index (χ4n) is 2.51. The molecule has 0 atom stereocenters. The number of fused-ring (bicyclic) bond motifs is 1. The molecule has 0 fully saturated rings. The van der Waals surface area contributed by atoms with Gasteiger partial charge in [-0.05, 0) is 18.6 Å². The molecule has 0 aromatic carbocycles. The highest BCUT2D eigenvalue weighted by Gasteiger charge is 2.15. The lowest BCUT2D eigenvalue weighted by atomic mass is 10.3. The fourth-order valence-corrected chi connectivity index (χ4v) is 2.51. The van der Waals surface area contributed by atoms with Crippen LogP contribution in [0.15, 0.2) is 47.6 Å². The van der Waals surface area contributed by atoms with E-state index in [0.717, 1.165) is 13.0 Å². The Bertz CT molecular complexity index is 1020. The highest BCUT2D eigenvalue weighted by Crippen LogP contribution is 2.18. The molecule has 0 aliphatic carbocycles. The van der Waals surface area contributed by atoms with Gasteiger partial charge in [0.05, 0.1) is 12.6 Å². The maximum Gasteiger partial charge on any atom is 0.270 e. The van der Waals surface area contributed by atoms with Crippen molar-refractivity contribution >= 4 is 17.5 Å². The molecule has 0 spiro atoms. The van der Waals surface area contributed by atoms with Crippen LogP contribution in [0, 0.1) is 0 Å². The number of nitrogen functional groups attached to an aromatic ring is 1. The molecule has 1 amide bonds. The number of furan rings is 1. The van der Waals surface area contributed by atoms with Gasteiger partial charge in [-0.25, -0.2) is 15.0 Å². The Balaban J connectivity index is 1.46. The number of aryl methyl sites for hydroxylation is 1. The minimum atomic E-state index is -0.313. The number of aromatic nitrogens is 6. The van der Waals surface area contributed by atoms with E-state index in [4.69, 9.17) is 10.2 Å². The summed E-state index contributed by atoms with van der Waals surface area (Å²) in [5, 5.41) is 7.06. The molecule has 26 heavy (non-hydrogen) atoms. The molecule has 3 N–H and O–H groups in total. The predicted molar refractivity (Wildman–Crippen MR) is 92.1 cm³/mol. The smallest absolute Gasteiger partial charge is 0.270 e. The zero-order valence-electron chi connectivity index (χ0n) is 13.7. The van der Waals surface area contributed by atoms with Crippen molar-refractivity contribution in [2.24, 2.45) is 0 Å². The van der Waals surface area contributed by atoms with Crippen molar-refractivity contribution in [3.8, 4) is 11.6 Å². The number of hydrogen-bond donors (Lipinski definition) is 2. The van der Waals surface area contributed by atoms with Crippen molar-refractivity contribution in [3.63, 3.8) is 0 Å². The van der Waals surface area contributed by atoms with Gasteiger partial charge in [0.15, 0.2) is 11.4 Å². The Morgan fingerprint density at radius 2 is 2.27 bits per heavy atom. The molecular formula is C16H16N8O2. The molecule has 4 rings (SSSR count). The summed E-state index contributed by atoms with van der Waals surface area (Å²) in [6, 6.07) is 5.03. The standard InChI is InChI=1S/C16H16N8O2/c17-16-20-11(15(25)19-4-2-6-23-7-5-18-10-23)9-13-21-14(22-24(13)16)12-3-1-8-26-12/h1,3,5,7-10H,2,4,6H2,(H2,17,20)(H,19,25). The van der Waals surface area contributed by atoms with E-state index in [2.05, 4.69) is 25.4 Å². The second-order valence-electron chi connectivity index (χ2n) is 5.59. The Kier molecular flexibility index (Phi) is 4.06. The minimum absolute atomic E-state index is 0.0800. The number of carbonyl (C=O) groups is 1. The van der Waals surface area contributed by atoms with Crippen molar-refractivity contribution in [1.29, 1.82) is 0 Å². The number of carbonyl (C=O) groups excluding carboxylic acids is 1. The Morgan fingerprint density at radius 1 is 1.35 bits per heavy atom. The number of rotatable bonds is 6. The van der Waals surface area contributed by atoms with Gasteiger partial charge in [-0.2, -0.15) is 4.52 Å². The molecule has 0 saturated heterocycles. The third kappa shape index (κ3) is 3.11. The van der Waals surface area contributed by atoms with E-state index in [-0.39, 0.29) is 17.5 Å². The number of imidazole rings is 1. The van der Waals surface area contributed by atoms with Crippen LogP contribution in [-0.2, 0) is 6.54 Å². The quantitative estimate of drug-likeness (QED) is 0.495. The van der Waals surface area contributed by atoms with Crippen LogP contribution in [-0.4, -0.2) is 41.6 Å². The first kappa shape index (κ1) is 15.8. The van der Waals surface area contributed by atoms with Gasteiger partial charge in [-0.15, -0.1) is 5.10 Å². The summed E-state index contributed by atoms with van der Waals surface area (Å²) in [4.78, 5) is 24.7. The predicted octanol–water partition coefficient (Wildman–Crippen LogP) is 0.983. The van der Waals surface area contributed by atoms with Gasteiger partial charge in [0.25, 0.3) is 5.91 Å². The minimum Gasteiger partial charge on any atom is -0.461 e. The zero-order chi connectivity index (χ0) is 17.9. The van der Waals surface area contributed by atoms with E-state index in [0.29, 0.717) is 23.8 Å². The third-order valence-electron chi connectivity index (χ3n) is 3.76. The molecule has 0 radical (unpaired) electrons. The van der Waals surface area contributed by atoms with E-state index < -0.39 is 0 Å². The Labute approximate surface area is 147 Å². The first-order valence-corrected chi connectivity index (χ1v) is 8.02. The maximum atomic E-state index is 12.3. The highest BCUT2D eigenvalue weighted by molar-refractivity contribution is 5.93. The summed E-state index contributed by atoms with van der Waals surface area (Å²) in [7, 11) is 0. The van der Waals surface area contributed by atoms with Crippen molar-refractivity contribution in [2.45, 2.75) is 13.0 Å². The summed E-state index contributed by atoms with van der Waals surface area (Å²) in [5.74, 6) is 0.656. The van der Waals surface area contributed by atoms with Crippen molar-refractivity contribution in [1.82, 2.24) is 34.4 Å². The summed E-state index contributed by atoms with van der Waals surface area (Å²) in [5.41, 5.74) is 6.52. The van der Waals surface area contributed by atoms with Crippen LogP contribution in [0.5, 0.6) is 0 Å². The normalized spacial score (nSPS) is 11.1. The van der Waals surface area contributed by atoms with Crippen LogP contribution >= 0.6 is 0 Å². The van der Waals surface area contributed by atoms with Crippen LogP contribution in [0.2, 0.25) is 0 Å². The number of nitrogens with zero attached hydrogens (tertiary/aromatic N) is 6. The average molecular weight is 352 g/mol. The number of hydrogen-bond acceptors (Lipinski definition) is 7. The fraction of sp³-hybridized carbons (Fsp3) is 0.188. The van der Waals surface area contributed by atoms with Gasteiger partial charge in [0, 0.05) is 31.5 Å². The third-order valence-corrected chi connectivity index (χ3v) is 3.76. The topological polar surface area (TPSA) is 129 Å². The van der Waals surface area contributed by atoms with Crippen LogP contribution < -0.4 is 11.1 Å². The van der Waals surface area contributed by atoms with Crippen LogP contribution in [0.1, 0.15) is 16.9 Å².